The molecule has 0 saturated heterocycles. The Morgan fingerprint density at radius 1 is 0.492 bits per heavy atom. The number of unbranched alkanes of at least 4 members (excludes halogenated alkanes) is 1. The molecule has 4 heterocycles. The molecular weight excluding hydrogens is 1560 g/mol. The third-order valence-corrected chi connectivity index (χ3v) is 20.0. The van der Waals surface area contributed by atoms with Crippen molar-refractivity contribution in [1.82, 2.24) is 0 Å². The average Bonchev–Trinajstić information content (AvgIpc) is 1.63. The highest BCUT2D eigenvalue weighted by molar-refractivity contribution is 7.94. The third-order valence-electron chi connectivity index (χ3n) is 18.8. The Hall–Kier alpha value is -12.4. The Morgan fingerprint density at radius 3 is 1.41 bits per heavy atom. The highest BCUT2D eigenvalue weighted by Gasteiger charge is 2.32. The number of aryl methyl sites for hydroxylation is 1. The number of nitrogens with zero attached hydrogens (tertiary/aromatic N) is 5. The summed E-state index contributed by atoms with van der Waals surface area (Å²) in [5, 5.41) is 51.1. The van der Waals surface area contributed by atoms with E-state index in [0.29, 0.717) is 93.6 Å². The first kappa shape index (κ1) is 88.0. The molecule has 622 valence electrons. The third kappa shape index (κ3) is 22.4. The number of hydrogen-bond donors (Lipinski definition) is 12. The molecule has 9 aromatic rings. The topological polar surface area (TPSA) is 291 Å². The monoisotopic (exact) mass is 1660 g/mol. The van der Waals surface area contributed by atoms with Gasteiger partial charge in [-0.3, -0.25) is 48.2 Å². The number of aromatic hydroxyl groups is 4. The number of phenols is 4. The van der Waals surface area contributed by atoms with Crippen LogP contribution in [-0.2, 0) is 58.3 Å². The van der Waals surface area contributed by atoms with Gasteiger partial charge in [0, 0.05) is 92.4 Å². The minimum Gasteiger partial charge on any atom is -0.506 e. The van der Waals surface area contributed by atoms with E-state index in [1.165, 1.54) is 12.0 Å². The number of hydrogen-bond acceptors (Lipinski definition) is 25. The molecule has 0 aliphatic carbocycles. The van der Waals surface area contributed by atoms with Crippen LogP contribution in [0.5, 0.6) is 34.5 Å². The molecule has 0 saturated carbocycles. The van der Waals surface area contributed by atoms with Crippen molar-refractivity contribution in [2.45, 2.75) is 138 Å². The molecule has 25 nitrogen and oxygen atoms in total. The number of ether oxygens (including phenoxy) is 4. The quantitative estimate of drug-likeness (QED) is 0.0104. The van der Waals surface area contributed by atoms with Gasteiger partial charge in [-0.1, -0.05) is 147 Å². The Labute approximate surface area is 704 Å². The second kappa shape index (κ2) is 39.1. The normalized spacial score (nSPS) is 12.4. The van der Waals surface area contributed by atoms with Crippen molar-refractivity contribution in [3.05, 3.63) is 244 Å². The molecule has 12 N–H and O–H groups in total. The number of esters is 2. The number of carbonyl (C=O) groups is 3. The van der Waals surface area contributed by atoms with Crippen LogP contribution in [0.3, 0.4) is 0 Å². The van der Waals surface area contributed by atoms with E-state index in [1.807, 2.05) is 184 Å². The van der Waals surface area contributed by atoms with Crippen molar-refractivity contribution < 1.29 is 57.9 Å². The van der Waals surface area contributed by atoms with Crippen LogP contribution < -0.4 is 78.3 Å². The summed E-state index contributed by atoms with van der Waals surface area (Å²) < 4.78 is 27.5. The summed E-state index contributed by atoms with van der Waals surface area (Å²) in [6, 6.07) is 46.9. The van der Waals surface area contributed by atoms with E-state index in [-0.39, 0.29) is 52.9 Å². The number of amides is 1. The molecule has 0 bridgehead atoms. The summed E-state index contributed by atoms with van der Waals surface area (Å²) >= 11 is 13.5. The summed E-state index contributed by atoms with van der Waals surface area (Å²) in [4.78, 5) is 38.4. The number of halogens is 2. The van der Waals surface area contributed by atoms with Crippen molar-refractivity contribution in [3.63, 3.8) is 0 Å². The van der Waals surface area contributed by atoms with Gasteiger partial charge in [0.05, 0.1) is 77.6 Å². The fourth-order valence-corrected chi connectivity index (χ4v) is 13.4. The lowest BCUT2D eigenvalue weighted by molar-refractivity contribution is -0.139. The van der Waals surface area contributed by atoms with E-state index in [0.717, 1.165) is 115 Å². The summed E-state index contributed by atoms with van der Waals surface area (Å²) in [5.41, 5.74) is 42.7. The van der Waals surface area contributed by atoms with Gasteiger partial charge in [0.2, 0.25) is 0 Å². The molecule has 13 rings (SSSR count). The highest BCUT2D eigenvalue weighted by Crippen LogP contribution is 2.47. The number of anilines is 13. The molecular formula is C90H105Cl2N13O12S. The molecule has 4 aliphatic rings. The molecule has 0 radical (unpaired) electrons. The van der Waals surface area contributed by atoms with Crippen LogP contribution in [-0.4, -0.2) is 71.2 Å². The molecule has 9 aromatic carbocycles. The van der Waals surface area contributed by atoms with Crippen LogP contribution >= 0.6 is 35.2 Å². The first-order chi connectivity index (χ1) is 56.1. The molecule has 0 fully saturated rings. The Bertz CT molecular complexity index is 5210. The maximum absolute atomic E-state index is 12.5. The largest absolute Gasteiger partial charge is 0.506 e. The summed E-state index contributed by atoms with van der Waals surface area (Å²) in [6.07, 6.45) is 4.97. The zero-order chi connectivity index (χ0) is 85.4. The number of fused-ring (bicyclic) bond motifs is 4. The lowest BCUT2D eigenvalue weighted by Gasteiger charge is -2.27. The van der Waals surface area contributed by atoms with E-state index in [9.17, 15) is 34.8 Å². The van der Waals surface area contributed by atoms with Crippen molar-refractivity contribution in [3.8, 4) is 34.5 Å². The van der Waals surface area contributed by atoms with Gasteiger partial charge in [0.1, 0.15) is 63.9 Å². The van der Waals surface area contributed by atoms with E-state index in [1.54, 1.807) is 82.6 Å². The molecule has 1 amide bonds. The fourth-order valence-electron chi connectivity index (χ4n) is 12.4. The Kier molecular flexibility index (Phi) is 29.1. The van der Waals surface area contributed by atoms with Crippen molar-refractivity contribution >= 4 is 133 Å². The smallest absolute Gasteiger partial charge is 0.333 e. The van der Waals surface area contributed by atoms with Gasteiger partial charge < -0.3 is 48.5 Å². The van der Waals surface area contributed by atoms with Gasteiger partial charge in [-0.15, -0.1) is 0 Å². The standard InChI is InChI=1S/C24H31N3O4.C23H30N4O3S.C22H26ClN3O3.C21H18ClN3O2/c1-7-30-17-8-9-19-20(14-17)26-27(25-19)21-13-16(10-11-31-23(29)15(2)3)12-18(22(21)28)24(4,5)6;1-6-8-11-30-31-17-9-10-18-19(13-17)25-27(24-18)21-12-16(5)20(14-22(21)28)26(7-2)23(29)15(3)4;1-13(2)21(28)29-9-8-14-10-16(22(3,4)5)20(27)19(11-14)26-24-17-7-6-15(23)12-18(17)25-26;1-2-14-3-5-15(6-4-14)13-27-17-8-10-20(21(26)12-17)25-23-18-9-7-16(22)11-19(18)24-25/h8-9,12-14,25-26,28H,2,7,10-11H2,1,3-6H3;9-10,12-14,24-25,28H,3,6-8,11H2,1-2,4-5H3;6-7,10-12,24-25,27H,1,8-9H2,2-5H3;2-12,23-24,26H,1,13H2. The molecule has 28 heteroatoms. The minimum atomic E-state index is -0.407. The van der Waals surface area contributed by atoms with Crippen LogP contribution in [0.1, 0.15) is 135 Å². The van der Waals surface area contributed by atoms with Gasteiger partial charge in [0.15, 0.2) is 0 Å². The Morgan fingerprint density at radius 2 is 0.941 bits per heavy atom. The maximum atomic E-state index is 12.5. The SMILES string of the molecule is C=C(C)C(=O)N(CC)c1cc(O)c(N2Nc3ccc(SOCCCC)cc3N2)cc1C.C=C(C)C(=O)OCCc1cc(N2Nc3ccc(Cl)cc3N2)c(O)c(C(C)(C)C)c1.C=C(C)C(=O)OCCc1cc(N2Nc3ccc(OCC)cc3N2)c(O)c(C(C)(C)C)c1.C=Cc1ccc(COc2ccc(N3Nc4ccc(Cl)cc4N3)c(O)c2)cc1. The molecule has 118 heavy (non-hydrogen) atoms. The molecule has 0 unspecified atom stereocenters. The zero-order valence-electron chi connectivity index (χ0n) is 68.9. The highest BCUT2D eigenvalue weighted by atomic mass is 35.5. The van der Waals surface area contributed by atoms with Crippen LogP contribution in [0.15, 0.2) is 200 Å². The van der Waals surface area contributed by atoms with Crippen LogP contribution in [0, 0.1) is 6.92 Å². The van der Waals surface area contributed by atoms with Crippen LogP contribution in [0.2, 0.25) is 10.0 Å². The van der Waals surface area contributed by atoms with Gasteiger partial charge >= 0.3 is 11.9 Å². The van der Waals surface area contributed by atoms with E-state index < -0.39 is 11.9 Å². The number of likely N-dealkylation sites (N-methyl/N-ethyl adjacent to an activating group) is 1. The van der Waals surface area contributed by atoms with Crippen LogP contribution in [0.4, 0.5) is 73.9 Å². The average molecular weight is 1660 g/mol. The molecule has 0 spiro atoms. The number of nitrogens with one attached hydrogen (secondary N) is 8. The van der Waals surface area contributed by atoms with Gasteiger partial charge in [-0.25, -0.2) is 9.59 Å². The van der Waals surface area contributed by atoms with Gasteiger partial charge in [-0.05, 0) is 184 Å². The predicted molar refractivity (Wildman–Crippen MR) is 480 cm³/mol. The van der Waals surface area contributed by atoms with E-state index in [2.05, 4.69) is 76.6 Å². The predicted octanol–water partition coefficient (Wildman–Crippen LogP) is 21.2. The second-order valence-electron chi connectivity index (χ2n) is 30.4. The van der Waals surface area contributed by atoms with Gasteiger partial charge in [-0.2, -0.15) is 20.5 Å². The van der Waals surface area contributed by atoms with E-state index >= 15 is 0 Å². The number of carbonyl (C=O) groups excluding carboxylic acids is 3. The molecule has 4 aliphatic heterocycles. The summed E-state index contributed by atoms with van der Waals surface area (Å²) in [6.45, 7) is 42.4. The van der Waals surface area contributed by atoms with Crippen molar-refractivity contribution in [1.29, 1.82) is 0 Å². The maximum Gasteiger partial charge on any atom is 0.333 e. The Balaban J connectivity index is 0.000000166. The molecule has 0 aromatic heterocycles. The lowest BCUT2D eigenvalue weighted by atomic mass is 9.84. The zero-order valence-corrected chi connectivity index (χ0v) is 71.2. The summed E-state index contributed by atoms with van der Waals surface area (Å²) in [5.74, 6) is 0.899. The first-order valence-electron chi connectivity index (χ1n) is 38.6. The second-order valence-corrected chi connectivity index (χ2v) is 32.2. The lowest BCUT2D eigenvalue weighted by Crippen LogP contribution is -2.32. The molecule has 0 atom stereocenters. The summed E-state index contributed by atoms with van der Waals surface area (Å²) in [7, 11) is 0. The van der Waals surface area contributed by atoms with Crippen molar-refractivity contribution in [2.24, 2.45) is 0 Å². The number of benzene rings is 9. The number of hydrazine groups is 8. The van der Waals surface area contributed by atoms with Crippen molar-refractivity contribution in [2.75, 3.05) is 102 Å². The fraction of sp³-hybridized carbons (Fsp3) is 0.278. The number of rotatable bonds is 26. The first-order valence-corrected chi connectivity index (χ1v) is 40.1. The van der Waals surface area contributed by atoms with E-state index in [4.69, 9.17) is 46.3 Å². The minimum absolute atomic E-state index is 0.0545. The van der Waals surface area contributed by atoms with Gasteiger partial charge in [0.25, 0.3) is 5.91 Å². The number of phenolic OH excluding ortho intramolecular Hbond substituents is 4. The van der Waals surface area contributed by atoms with Crippen LogP contribution in [0.25, 0.3) is 6.08 Å².